The van der Waals surface area contributed by atoms with Crippen molar-refractivity contribution in [3.05, 3.63) is 65.6 Å². The highest BCUT2D eigenvalue weighted by Crippen LogP contribution is 2.26. The van der Waals surface area contributed by atoms with Gasteiger partial charge in [-0.2, -0.15) is 5.10 Å². The predicted octanol–water partition coefficient (Wildman–Crippen LogP) is 2.62. The number of hydrogen-bond donors (Lipinski definition) is 0. The smallest absolute Gasteiger partial charge is 0.123 e. The fourth-order valence-corrected chi connectivity index (χ4v) is 3.40. The number of aryl methyl sites for hydroxylation is 1. The van der Waals surface area contributed by atoms with E-state index in [1.807, 2.05) is 17.9 Å². The van der Waals surface area contributed by atoms with Crippen molar-refractivity contribution in [1.82, 2.24) is 24.6 Å². The molecule has 0 saturated heterocycles. The molecule has 0 saturated carbocycles. The van der Waals surface area contributed by atoms with E-state index < -0.39 is 0 Å². The molecule has 0 amide bonds. The average molecular weight is 337 g/mol. The molecule has 0 spiro atoms. The lowest BCUT2D eigenvalue weighted by Crippen LogP contribution is -2.25. The van der Waals surface area contributed by atoms with Crippen molar-refractivity contribution in [2.24, 2.45) is 7.05 Å². The minimum atomic E-state index is -0.230. The lowest BCUT2D eigenvalue weighted by atomic mass is 10.0. The lowest BCUT2D eigenvalue weighted by Gasteiger charge is -2.18. The zero-order chi connectivity index (χ0) is 17.2. The highest BCUT2D eigenvalue weighted by molar-refractivity contribution is 5.63. The van der Waals surface area contributed by atoms with Crippen molar-refractivity contribution < 1.29 is 4.39 Å². The Kier molecular flexibility index (Phi) is 4.28. The molecule has 0 aliphatic carbocycles. The zero-order valence-corrected chi connectivity index (χ0v) is 14.2. The molecule has 5 nitrogen and oxygen atoms in total. The van der Waals surface area contributed by atoms with Gasteiger partial charge in [0, 0.05) is 61.7 Å². The molecule has 0 bridgehead atoms. The highest BCUT2D eigenvalue weighted by atomic mass is 19.1. The summed E-state index contributed by atoms with van der Waals surface area (Å²) >= 11 is 0. The van der Waals surface area contributed by atoms with Crippen LogP contribution in [0.3, 0.4) is 0 Å². The minimum Gasteiger partial charge on any atom is -0.298 e. The topological polar surface area (TPSA) is 46.8 Å². The van der Waals surface area contributed by atoms with Crippen molar-refractivity contribution in [3.63, 3.8) is 0 Å². The van der Waals surface area contributed by atoms with Crippen LogP contribution < -0.4 is 0 Å². The summed E-state index contributed by atoms with van der Waals surface area (Å²) in [6, 6.07) is 6.54. The lowest BCUT2D eigenvalue weighted by molar-refractivity contribution is 0.279. The molecule has 1 aromatic carbocycles. The van der Waals surface area contributed by atoms with E-state index in [0.29, 0.717) is 0 Å². The number of aromatic nitrogens is 4. The second kappa shape index (κ2) is 6.72. The maximum Gasteiger partial charge on any atom is 0.123 e. The van der Waals surface area contributed by atoms with E-state index in [4.69, 9.17) is 0 Å². The summed E-state index contributed by atoms with van der Waals surface area (Å²) in [6.07, 6.45) is 7.38. The standard InChI is InChI=1S/C19H20FN5/c1-24-11-14(10-23-24)12-25-8-6-17-18(7-9-25)21-13-22-19(17)15-2-4-16(20)5-3-15/h2-5,10-11,13H,6-9,12H2,1H3. The van der Waals surface area contributed by atoms with E-state index in [2.05, 4.69) is 26.2 Å². The van der Waals surface area contributed by atoms with Crippen LogP contribution in [0.15, 0.2) is 43.0 Å². The van der Waals surface area contributed by atoms with E-state index in [-0.39, 0.29) is 5.82 Å². The third-order valence-corrected chi connectivity index (χ3v) is 4.66. The molecule has 0 N–H and O–H groups in total. The van der Waals surface area contributed by atoms with Gasteiger partial charge in [0.25, 0.3) is 0 Å². The molecule has 4 rings (SSSR count). The van der Waals surface area contributed by atoms with E-state index in [1.165, 1.54) is 23.3 Å². The fourth-order valence-electron chi connectivity index (χ4n) is 3.40. The Labute approximate surface area is 146 Å². The third-order valence-electron chi connectivity index (χ3n) is 4.66. The Morgan fingerprint density at radius 3 is 2.64 bits per heavy atom. The molecule has 3 heterocycles. The fraction of sp³-hybridized carbons (Fsp3) is 0.316. The van der Waals surface area contributed by atoms with E-state index in [1.54, 1.807) is 18.5 Å². The maximum atomic E-state index is 13.2. The Hall–Kier alpha value is -2.60. The van der Waals surface area contributed by atoms with Crippen LogP contribution in [0.5, 0.6) is 0 Å². The van der Waals surface area contributed by atoms with Crippen molar-refractivity contribution in [2.45, 2.75) is 19.4 Å². The largest absolute Gasteiger partial charge is 0.298 e. The van der Waals surface area contributed by atoms with Gasteiger partial charge in [-0.25, -0.2) is 14.4 Å². The van der Waals surface area contributed by atoms with Gasteiger partial charge in [-0.05, 0) is 30.7 Å². The average Bonchev–Trinajstić information content (AvgIpc) is 2.91. The SMILES string of the molecule is Cn1cc(CN2CCc3ncnc(-c4ccc(F)cc4)c3CC2)cn1. The number of benzene rings is 1. The maximum absolute atomic E-state index is 13.2. The summed E-state index contributed by atoms with van der Waals surface area (Å²) in [5, 5.41) is 4.24. The molecule has 0 radical (unpaired) electrons. The molecular formula is C19H20FN5. The molecule has 0 fully saturated rings. The third kappa shape index (κ3) is 3.44. The van der Waals surface area contributed by atoms with Crippen LogP contribution in [0.4, 0.5) is 4.39 Å². The van der Waals surface area contributed by atoms with Gasteiger partial charge in [0.2, 0.25) is 0 Å². The quantitative estimate of drug-likeness (QED) is 0.737. The number of rotatable bonds is 3. The van der Waals surface area contributed by atoms with Gasteiger partial charge < -0.3 is 0 Å². The molecule has 128 valence electrons. The summed E-state index contributed by atoms with van der Waals surface area (Å²) < 4.78 is 15.1. The first-order chi connectivity index (χ1) is 12.2. The van der Waals surface area contributed by atoms with Crippen molar-refractivity contribution in [3.8, 4) is 11.3 Å². The van der Waals surface area contributed by atoms with Gasteiger partial charge in [-0.3, -0.25) is 9.58 Å². The van der Waals surface area contributed by atoms with Gasteiger partial charge >= 0.3 is 0 Å². The van der Waals surface area contributed by atoms with Crippen LogP contribution in [0.25, 0.3) is 11.3 Å². The molecule has 0 atom stereocenters. The first kappa shape index (κ1) is 15.9. The Morgan fingerprint density at radius 1 is 1.08 bits per heavy atom. The highest BCUT2D eigenvalue weighted by Gasteiger charge is 2.19. The summed E-state index contributed by atoms with van der Waals surface area (Å²) in [7, 11) is 1.94. The Bertz CT molecular complexity index is 872. The molecule has 1 aliphatic rings. The molecule has 25 heavy (non-hydrogen) atoms. The summed E-state index contributed by atoms with van der Waals surface area (Å²) in [5.41, 5.74) is 5.37. The first-order valence-corrected chi connectivity index (χ1v) is 8.47. The Morgan fingerprint density at radius 2 is 1.88 bits per heavy atom. The molecule has 0 unspecified atom stereocenters. The molecule has 3 aromatic rings. The minimum absolute atomic E-state index is 0.230. The number of nitrogens with zero attached hydrogens (tertiary/aromatic N) is 5. The summed E-state index contributed by atoms with van der Waals surface area (Å²) in [6.45, 7) is 2.80. The molecule has 2 aromatic heterocycles. The molecule has 1 aliphatic heterocycles. The molecule has 6 heteroatoms. The normalized spacial score (nSPS) is 15.0. The number of halogens is 1. The monoisotopic (exact) mass is 337 g/mol. The van der Waals surface area contributed by atoms with Crippen LogP contribution >= 0.6 is 0 Å². The second-order valence-electron chi connectivity index (χ2n) is 6.45. The van der Waals surface area contributed by atoms with Gasteiger partial charge in [0.1, 0.15) is 12.1 Å². The van der Waals surface area contributed by atoms with E-state index >= 15 is 0 Å². The van der Waals surface area contributed by atoms with Crippen LogP contribution in [0, 0.1) is 5.82 Å². The Balaban J connectivity index is 1.57. The number of fused-ring (bicyclic) bond motifs is 1. The van der Waals surface area contributed by atoms with Crippen LogP contribution in [0.1, 0.15) is 16.8 Å². The zero-order valence-electron chi connectivity index (χ0n) is 14.2. The van der Waals surface area contributed by atoms with Crippen LogP contribution in [-0.4, -0.2) is 37.7 Å². The van der Waals surface area contributed by atoms with E-state index in [9.17, 15) is 4.39 Å². The van der Waals surface area contributed by atoms with Gasteiger partial charge in [-0.1, -0.05) is 0 Å². The van der Waals surface area contributed by atoms with E-state index in [0.717, 1.165) is 49.4 Å². The summed E-state index contributed by atoms with van der Waals surface area (Å²) in [5.74, 6) is -0.230. The van der Waals surface area contributed by atoms with Crippen LogP contribution in [-0.2, 0) is 26.4 Å². The summed E-state index contributed by atoms with van der Waals surface area (Å²) in [4.78, 5) is 11.4. The molecular weight excluding hydrogens is 317 g/mol. The second-order valence-corrected chi connectivity index (χ2v) is 6.45. The van der Waals surface area contributed by atoms with Crippen LogP contribution in [0.2, 0.25) is 0 Å². The van der Waals surface area contributed by atoms with Gasteiger partial charge in [0.05, 0.1) is 11.9 Å². The number of hydrogen-bond acceptors (Lipinski definition) is 4. The van der Waals surface area contributed by atoms with Gasteiger partial charge in [-0.15, -0.1) is 0 Å². The predicted molar refractivity (Wildman–Crippen MR) is 93.3 cm³/mol. The van der Waals surface area contributed by atoms with Gasteiger partial charge in [0.15, 0.2) is 0 Å². The van der Waals surface area contributed by atoms with Crippen molar-refractivity contribution in [2.75, 3.05) is 13.1 Å². The van der Waals surface area contributed by atoms with Crippen molar-refractivity contribution >= 4 is 0 Å². The van der Waals surface area contributed by atoms with Crippen molar-refractivity contribution in [1.29, 1.82) is 0 Å². The first-order valence-electron chi connectivity index (χ1n) is 8.47.